The van der Waals surface area contributed by atoms with Gasteiger partial charge in [0.25, 0.3) is 0 Å². The number of imidazole rings is 1. The smallest absolute Gasteiger partial charge is 0.329 e. The first kappa shape index (κ1) is 22.1. The lowest BCUT2D eigenvalue weighted by atomic mass is 9.80. The van der Waals surface area contributed by atoms with Crippen LogP contribution in [-0.2, 0) is 22.7 Å². The largest absolute Gasteiger partial charge is 0.342 e. The Balaban J connectivity index is 1.77. The quantitative estimate of drug-likeness (QED) is 0.722. The van der Waals surface area contributed by atoms with Gasteiger partial charge in [0, 0.05) is 32.6 Å². The molecule has 0 saturated heterocycles. The monoisotopic (exact) mass is 414 g/mol. The summed E-state index contributed by atoms with van der Waals surface area (Å²) in [6.07, 6.45) is 4.51. The predicted molar refractivity (Wildman–Crippen MR) is 118 cm³/mol. The van der Waals surface area contributed by atoms with Crippen LogP contribution in [0.3, 0.4) is 0 Å². The number of carbonyl (C=O) groups excluding carboxylic acids is 2. The van der Waals surface area contributed by atoms with Crippen LogP contribution in [0.2, 0.25) is 0 Å². The third kappa shape index (κ3) is 4.16. The van der Waals surface area contributed by atoms with Gasteiger partial charge in [-0.2, -0.15) is 0 Å². The second kappa shape index (κ2) is 9.49. The fourth-order valence-corrected chi connectivity index (χ4v) is 4.70. The molecule has 1 fully saturated rings. The van der Waals surface area contributed by atoms with Crippen molar-refractivity contribution in [3.63, 3.8) is 0 Å². The average molecular weight is 415 g/mol. The van der Waals surface area contributed by atoms with Crippen molar-refractivity contribution in [3.05, 3.63) is 34.7 Å². The molecule has 1 aromatic carbocycles. The first-order valence-corrected chi connectivity index (χ1v) is 11.3. The van der Waals surface area contributed by atoms with Gasteiger partial charge in [0.15, 0.2) is 0 Å². The SMILES string of the molecule is CCN(CC)C(=O)C1(NC(=O)CCn2c(=O)n(CC)c3ccccc32)CCCCC1. The normalized spacial score (nSPS) is 15.8. The molecular weight excluding hydrogens is 380 g/mol. The van der Waals surface area contributed by atoms with Crippen molar-refractivity contribution >= 4 is 22.8 Å². The number of likely N-dealkylation sites (N-methyl/N-ethyl adjacent to an activating group) is 1. The number of hydrogen-bond acceptors (Lipinski definition) is 3. The van der Waals surface area contributed by atoms with Crippen LogP contribution in [0.4, 0.5) is 0 Å². The van der Waals surface area contributed by atoms with Gasteiger partial charge in [-0.25, -0.2) is 4.79 Å². The number of fused-ring (bicyclic) bond motifs is 1. The highest BCUT2D eigenvalue weighted by molar-refractivity contribution is 5.91. The molecule has 1 heterocycles. The van der Waals surface area contributed by atoms with Gasteiger partial charge in [-0.3, -0.25) is 18.7 Å². The zero-order chi connectivity index (χ0) is 21.7. The number of amides is 2. The summed E-state index contributed by atoms with van der Waals surface area (Å²) in [7, 11) is 0. The lowest BCUT2D eigenvalue weighted by molar-refractivity contribution is -0.143. The molecule has 2 aromatic rings. The van der Waals surface area contributed by atoms with E-state index in [2.05, 4.69) is 5.32 Å². The average Bonchev–Trinajstić information content (AvgIpc) is 3.04. The second-order valence-corrected chi connectivity index (χ2v) is 8.09. The van der Waals surface area contributed by atoms with Crippen LogP contribution in [0, 0.1) is 0 Å². The van der Waals surface area contributed by atoms with E-state index in [0.717, 1.165) is 30.3 Å². The first-order chi connectivity index (χ1) is 14.5. The van der Waals surface area contributed by atoms with Crippen molar-refractivity contribution in [3.8, 4) is 0 Å². The first-order valence-electron chi connectivity index (χ1n) is 11.3. The molecule has 2 amide bonds. The van der Waals surface area contributed by atoms with Gasteiger partial charge in [0.2, 0.25) is 11.8 Å². The molecule has 1 aliphatic rings. The number of aryl methyl sites for hydroxylation is 2. The molecule has 7 heteroatoms. The highest BCUT2D eigenvalue weighted by atomic mass is 16.2. The van der Waals surface area contributed by atoms with Crippen LogP contribution in [0.25, 0.3) is 11.0 Å². The van der Waals surface area contributed by atoms with E-state index in [1.165, 1.54) is 0 Å². The molecule has 0 bridgehead atoms. The van der Waals surface area contributed by atoms with Crippen LogP contribution >= 0.6 is 0 Å². The van der Waals surface area contributed by atoms with Crippen molar-refractivity contribution in [2.75, 3.05) is 13.1 Å². The van der Waals surface area contributed by atoms with Gasteiger partial charge in [-0.1, -0.05) is 31.4 Å². The maximum atomic E-state index is 13.2. The van der Waals surface area contributed by atoms with Gasteiger partial charge >= 0.3 is 5.69 Å². The van der Waals surface area contributed by atoms with Gasteiger partial charge in [0.05, 0.1) is 11.0 Å². The number of aromatic nitrogens is 2. The molecule has 0 atom stereocenters. The van der Waals surface area contributed by atoms with Crippen LogP contribution in [-0.4, -0.2) is 44.5 Å². The Kier molecular flexibility index (Phi) is 7.00. The Labute approximate surface area is 178 Å². The molecule has 0 radical (unpaired) electrons. The van der Waals surface area contributed by atoms with E-state index in [1.807, 2.05) is 49.9 Å². The summed E-state index contributed by atoms with van der Waals surface area (Å²) >= 11 is 0. The third-order valence-electron chi connectivity index (χ3n) is 6.35. The minimum Gasteiger partial charge on any atom is -0.342 e. The van der Waals surface area contributed by atoms with E-state index < -0.39 is 5.54 Å². The van der Waals surface area contributed by atoms with Gasteiger partial charge < -0.3 is 10.2 Å². The summed E-state index contributed by atoms with van der Waals surface area (Å²) < 4.78 is 3.39. The molecule has 0 spiro atoms. The topological polar surface area (TPSA) is 76.3 Å². The van der Waals surface area contributed by atoms with E-state index in [1.54, 1.807) is 9.13 Å². The van der Waals surface area contributed by atoms with E-state index in [-0.39, 0.29) is 23.9 Å². The van der Waals surface area contributed by atoms with Crippen LogP contribution < -0.4 is 11.0 Å². The number of hydrogen-bond donors (Lipinski definition) is 1. The zero-order valence-corrected chi connectivity index (χ0v) is 18.4. The van der Waals surface area contributed by atoms with Crippen molar-refractivity contribution in [1.82, 2.24) is 19.4 Å². The molecule has 7 nitrogen and oxygen atoms in total. The van der Waals surface area contributed by atoms with E-state index in [0.29, 0.717) is 39.0 Å². The lowest BCUT2D eigenvalue weighted by Gasteiger charge is -2.40. The Morgan fingerprint density at radius 2 is 1.60 bits per heavy atom. The van der Waals surface area contributed by atoms with Crippen LogP contribution in [0.1, 0.15) is 59.3 Å². The molecule has 0 aliphatic heterocycles. The summed E-state index contributed by atoms with van der Waals surface area (Å²) in [6.45, 7) is 8.04. The second-order valence-electron chi connectivity index (χ2n) is 8.09. The Bertz CT molecular complexity index is 949. The zero-order valence-electron chi connectivity index (χ0n) is 18.4. The van der Waals surface area contributed by atoms with E-state index in [4.69, 9.17) is 0 Å². The number of benzene rings is 1. The van der Waals surface area contributed by atoms with Crippen molar-refractivity contribution in [1.29, 1.82) is 0 Å². The molecule has 1 saturated carbocycles. The molecule has 1 aliphatic carbocycles. The summed E-state index contributed by atoms with van der Waals surface area (Å²) in [4.78, 5) is 40.7. The third-order valence-corrected chi connectivity index (χ3v) is 6.35. The highest BCUT2D eigenvalue weighted by Gasteiger charge is 2.42. The van der Waals surface area contributed by atoms with Gasteiger partial charge in [-0.15, -0.1) is 0 Å². The van der Waals surface area contributed by atoms with Crippen molar-refractivity contribution < 1.29 is 9.59 Å². The minimum absolute atomic E-state index is 0.0281. The molecule has 1 N–H and O–H groups in total. The van der Waals surface area contributed by atoms with Crippen molar-refractivity contribution in [2.45, 2.75) is 77.9 Å². The summed E-state index contributed by atoms with van der Waals surface area (Å²) in [5.41, 5.74) is 0.816. The lowest BCUT2D eigenvalue weighted by Crippen LogP contribution is -2.60. The number of nitrogens with one attached hydrogen (secondary N) is 1. The molecule has 30 heavy (non-hydrogen) atoms. The fourth-order valence-electron chi connectivity index (χ4n) is 4.70. The molecule has 164 valence electrons. The van der Waals surface area contributed by atoms with Crippen LogP contribution in [0.5, 0.6) is 0 Å². The Hall–Kier alpha value is -2.57. The number of nitrogens with zero attached hydrogens (tertiary/aromatic N) is 3. The maximum absolute atomic E-state index is 13.2. The molecular formula is C23H34N4O3. The van der Waals surface area contributed by atoms with E-state index >= 15 is 0 Å². The molecule has 0 unspecified atom stereocenters. The fraction of sp³-hybridized carbons (Fsp3) is 0.609. The summed E-state index contributed by atoms with van der Waals surface area (Å²) in [5, 5.41) is 3.09. The van der Waals surface area contributed by atoms with Crippen molar-refractivity contribution in [2.24, 2.45) is 0 Å². The standard InChI is InChI=1S/C23H34N4O3/c1-4-25(5-2)21(29)23(15-10-7-11-16-23)24-20(28)14-17-27-19-13-9-8-12-18(19)26(6-3)22(27)30/h8-9,12-13H,4-7,10-11,14-17H2,1-3H3,(H,24,28). The number of para-hydroxylation sites is 2. The Morgan fingerprint density at radius 3 is 2.17 bits per heavy atom. The van der Waals surface area contributed by atoms with E-state index in [9.17, 15) is 14.4 Å². The predicted octanol–water partition coefficient (Wildman–Crippen LogP) is 2.90. The van der Waals surface area contributed by atoms with Crippen LogP contribution in [0.15, 0.2) is 29.1 Å². The number of rotatable bonds is 8. The van der Waals surface area contributed by atoms with Gasteiger partial charge in [-0.05, 0) is 45.7 Å². The highest BCUT2D eigenvalue weighted by Crippen LogP contribution is 2.30. The number of carbonyl (C=O) groups is 2. The minimum atomic E-state index is -0.802. The summed E-state index contributed by atoms with van der Waals surface area (Å²) in [6, 6.07) is 7.65. The Morgan fingerprint density at radius 1 is 1.00 bits per heavy atom. The summed E-state index contributed by atoms with van der Waals surface area (Å²) in [5.74, 6) is -0.141. The molecule has 3 rings (SSSR count). The molecule has 1 aromatic heterocycles. The maximum Gasteiger partial charge on any atom is 0.329 e. The van der Waals surface area contributed by atoms with Gasteiger partial charge in [0.1, 0.15) is 5.54 Å².